The molecule has 0 bridgehead atoms. The molecule has 0 aromatic carbocycles. The summed E-state index contributed by atoms with van der Waals surface area (Å²) in [5.41, 5.74) is 5.20. The molecule has 2 N–H and O–H groups in total. The van der Waals surface area contributed by atoms with Gasteiger partial charge in [0.2, 0.25) is 5.89 Å². The van der Waals surface area contributed by atoms with E-state index < -0.39 is 15.4 Å². The smallest absolute Gasteiger partial charge is 0.232 e. The molecule has 0 radical (unpaired) electrons. The third-order valence-corrected chi connectivity index (χ3v) is 4.88. The Balaban J connectivity index is 2.24. The van der Waals surface area contributed by atoms with Gasteiger partial charge in [-0.15, -0.1) is 0 Å². The number of nitrogens with zero attached hydrogens (tertiary/aromatic N) is 2. The minimum Gasteiger partial charge on any atom is -0.339 e. The van der Waals surface area contributed by atoms with Gasteiger partial charge in [-0.25, -0.2) is 8.42 Å². The van der Waals surface area contributed by atoms with Gasteiger partial charge in [0.15, 0.2) is 5.82 Å². The Bertz CT molecular complexity index is 528. The van der Waals surface area contributed by atoms with Crippen molar-refractivity contribution in [3.05, 3.63) is 11.7 Å². The summed E-state index contributed by atoms with van der Waals surface area (Å²) in [6.45, 7) is 5.91. The van der Waals surface area contributed by atoms with Gasteiger partial charge in [-0.2, -0.15) is 4.98 Å². The minimum atomic E-state index is -2.95. The van der Waals surface area contributed by atoms with E-state index in [9.17, 15) is 8.42 Å². The summed E-state index contributed by atoms with van der Waals surface area (Å²) < 4.78 is 28.0. The first-order valence-electron chi connectivity index (χ1n) is 5.96. The van der Waals surface area contributed by atoms with E-state index in [1.165, 1.54) is 0 Å². The molecule has 1 aliphatic rings. The molecular formula is C11H19N3O3S. The largest absolute Gasteiger partial charge is 0.339 e. The van der Waals surface area contributed by atoms with Crippen molar-refractivity contribution in [1.82, 2.24) is 10.1 Å². The lowest BCUT2D eigenvalue weighted by molar-refractivity contribution is 0.303. The number of aromatic nitrogens is 2. The van der Waals surface area contributed by atoms with Gasteiger partial charge >= 0.3 is 0 Å². The van der Waals surface area contributed by atoms with Crippen LogP contribution in [0.5, 0.6) is 0 Å². The topological polar surface area (TPSA) is 99.1 Å². The Morgan fingerprint density at radius 1 is 1.28 bits per heavy atom. The highest BCUT2D eigenvalue weighted by Crippen LogP contribution is 2.31. The lowest BCUT2D eigenvalue weighted by Crippen LogP contribution is -2.45. The Morgan fingerprint density at radius 2 is 1.83 bits per heavy atom. The Morgan fingerprint density at radius 3 is 2.28 bits per heavy atom. The molecule has 0 atom stereocenters. The van der Waals surface area contributed by atoms with E-state index in [-0.39, 0.29) is 16.9 Å². The Hall–Kier alpha value is -0.950. The van der Waals surface area contributed by atoms with E-state index in [1.54, 1.807) is 0 Å². The zero-order chi connectivity index (χ0) is 13.6. The number of hydrogen-bond donors (Lipinski definition) is 1. The molecule has 1 aromatic heterocycles. The summed E-state index contributed by atoms with van der Waals surface area (Å²) >= 11 is 0. The molecular weight excluding hydrogens is 254 g/mol. The van der Waals surface area contributed by atoms with Gasteiger partial charge < -0.3 is 10.3 Å². The van der Waals surface area contributed by atoms with Crippen LogP contribution in [0, 0.1) is 0 Å². The molecule has 1 saturated heterocycles. The molecule has 0 aliphatic carbocycles. The average Bonchev–Trinajstić information content (AvgIpc) is 2.72. The molecule has 0 unspecified atom stereocenters. The third kappa shape index (κ3) is 2.56. The van der Waals surface area contributed by atoms with Crippen molar-refractivity contribution < 1.29 is 12.9 Å². The zero-order valence-corrected chi connectivity index (χ0v) is 11.7. The van der Waals surface area contributed by atoms with E-state index in [1.807, 2.05) is 20.8 Å². The highest BCUT2D eigenvalue weighted by atomic mass is 32.2. The molecule has 7 heteroatoms. The first kappa shape index (κ1) is 13.5. The van der Waals surface area contributed by atoms with Crippen molar-refractivity contribution in [3.63, 3.8) is 0 Å². The fourth-order valence-corrected chi connectivity index (χ4v) is 3.41. The molecule has 0 amide bonds. The van der Waals surface area contributed by atoms with Crippen LogP contribution in [0.25, 0.3) is 0 Å². The quantitative estimate of drug-likeness (QED) is 0.809. The Kier molecular flexibility index (Phi) is 3.02. The minimum absolute atomic E-state index is 0.0862. The second kappa shape index (κ2) is 4.03. The van der Waals surface area contributed by atoms with Crippen molar-refractivity contribution in [2.75, 3.05) is 11.5 Å². The third-order valence-electron chi connectivity index (χ3n) is 3.23. The van der Waals surface area contributed by atoms with Gasteiger partial charge in [0, 0.05) is 5.41 Å². The van der Waals surface area contributed by atoms with Gasteiger partial charge in [0.25, 0.3) is 0 Å². The first-order valence-corrected chi connectivity index (χ1v) is 7.79. The molecule has 102 valence electrons. The van der Waals surface area contributed by atoms with Gasteiger partial charge in [-0.3, -0.25) is 0 Å². The highest BCUT2D eigenvalue weighted by Gasteiger charge is 2.39. The van der Waals surface area contributed by atoms with Crippen molar-refractivity contribution >= 4 is 9.84 Å². The van der Waals surface area contributed by atoms with E-state index in [0.29, 0.717) is 24.6 Å². The van der Waals surface area contributed by atoms with Crippen LogP contribution in [0.4, 0.5) is 0 Å². The van der Waals surface area contributed by atoms with Crippen LogP contribution < -0.4 is 5.73 Å². The maximum Gasteiger partial charge on any atom is 0.232 e. The summed E-state index contributed by atoms with van der Waals surface area (Å²) in [6, 6.07) is 0. The number of nitrogens with two attached hydrogens (primary N) is 1. The van der Waals surface area contributed by atoms with Crippen molar-refractivity contribution in [2.45, 2.75) is 44.6 Å². The fourth-order valence-electron chi connectivity index (χ4n) is 1.86. The van der Waals surface area contributed by atoms with Crippen molar-refractivity contribution in [3.8, 4) is 0 Å². The maximum atomic E-state index is 11.4. The maximum absolute atomic E-state index is 11.4. The number of sulfone groups is 1. The molecule has 18 heavy (non-hydrogen) atoms. The predicted molar refractivity (Wildman–Crippen MR) is 66.8 cm³/mol. The number of rotatable bonds is 1. The van der Waals surface area contributed by atoms with Crippen LogP contribution in [-0.4, -0.2) is 30.1 Å². The van der Waals surface area contributed by atoms with Crippen LogP contribution in [0.3, 0.4) is 0 Å². The molecule has 0 saturated carbocycles. The molecule has 1 aliphatic heterocycles. The first-order chi connectivity index (χ1) is 8.12. The predicted octanol–water partition coefficient (Wildman–Crippen LogP) is 0.730. The van der Waals surface area contributed by atoms with Gasteiger partial charge in [0.05, 0.1) is 17.0 Å². The van der Waals surface area contributed by atoms with Crippen molar-refractivity contribution in [1.29, 1.82) is 0 Å². The molecule has 0 spiro atoms. The van der Waals surface area contributed by atoms with E-state index in [4.69, 9.17) is 10.3 Å². The zero-order valence-electron chi connectivity index (χ0n) is 10.9. The summed E-state index contributed by atoms with van der Waals surface area (Å²) in [4.78, 5) is 4.33. The van der Waals surface area contributed by atoms with Crippen LogP contribution in [0.15, 0.2) is 4.52 Å². The lowest BCUT2D eigenvalue weighted by Gasteiger charge is -2.29. The Labute approximate surface area is 107 Å². The molecule has 2 heterocycles. The molecule has 1 fully saturated rings. The highest BCUT2D eigenvalue weighted by molar-refractivity contribution is 7.91. The molecule has 1 aromatic rings. The second-order valence-electron chi connectivity index (χ2n) is 5.98. The fraction of sp³-hybridized carbons (Fsp3) is 0.818. The van der Waals surface area contributed by atoms with Gasteiger partial charge in [-0.05, 0) is 12.8 Å². The van der Waals surface area contributed by atoms with Crippen LogP contribution in [0.1, 0.15) is 45.3 Å². The van der Waals surface area contributed by atoms with E-state index >= 15 is 0 Å². The molecule has 2 rings (SSSR count). The lowest BCUT2D eigenvalue weighted by atomic mass is 9.92. The van der Waals surface area contributed by atoms with E-state index in [0.717, 1.165) is 0 Å². The standard InChI is InChI=1S/C11H19N3O3S/c1-10(2,3)9-13-8(14-17-9)11(12)4-6-18(15,16)7-5-11/h4-7,12H2,1-3H3. The van der Waals surface area contributed by atoms with Gasteiger partial charge in [0.1, 0.15) is 9.84 Å². The van der Waals surface area contributed by atoms with Crippen LogP contribution in [-0.2, 0) is 20.8 Å². The van der Waals surface area contributed by atoms with Crippen LogP contribution >= 0.6 is 0 Å². The molecule has 6 nitrogen and oxygen atoms in total. The van der Waals surface area contributed by atoms with Crippen LogP contribution in [0.2, 0.25) is 0 Å². The van der Waals surface area contributed by atoms with Crippen molar-refractivity contribution in [2.24, 2.45) is 5.73 Å². The van der Waals surface area contributed by atoms with E-state index in [2.05, 4.69) is 10.1 Å². The summed E-state index contributed by atoms with van der Waals surface area (Å²) in [7, 11) is -2.95. The normalized spacial score (nSPS) is 22.9. The van der Waals surface area contributed by atoms with Gasteiger partial charge in [-0.1, -0.05) is 25.9 Å². The average molecular weight is 273 g/mol. The summed E-state index contributed by atoms with van der Waals surface area (Å²) in [6.07, 6.45) is 0.691. The monoisotopic (exact) mass is 273 g/mol. The SMILES string of the molecule is CC(C)(C)c1nc(C2(N)CCS(=O)(=O)CC2)no1. The summed E-state index contributed by atoms with van der Waals surface area (Å²) in [5, 5.41) is 3.92. The second-order valence-corrected chi connectivity index (χ2v) is 8.28. The summed E-state index contributed by atoms with van der Waals surface area (Å²) in [5.74, 6) is 1.12. The number of hydrogen-bond acceptors (Lipinski definition) is 6.